The molecule has 0 fully saturated rings. The van der Waals surface area contributed by atoms with Crippen molar-refractivity contribution in [3.63, 3.8) is 0 Å². The Balaban J connectivity index is 3.14. The summed E-state index contributed by atoms with van der Waals surface area (Å²) in [4.78, 5) is 11.0. The van der Waals surface area contributed by atoms with Gasteiger partial charge in [-0.3, -0.25) is 0 Å². The van der Waals surface area contributed by atoms with Crippen LogP contribution >= 0.6 is 0 Å². The van der Waals surface area contributed by atoms with Crippen molar-refractivity contribution in [2.75, 3.05) is 6.54 Å². The summed E-state index contributed by atoms with van der Waals surface area (Å²) in [5.41, 5.74) is 7.68. The van der Waals surface area contributed by atoms with Crippen LogP contribution < -0.4 is 5.73 Å². The fourth-order valence-corrected chi connectivity index (χ4v) is 1.53. The number of hydrogen-bond donors (Lipinski definition) is 2. The second-order valence-corrected chi connectivity index (χ2v) is 3.92. The Morgan fingerprint density at radius 3 is 2.60 bits per heavy atom. The van der Waals surface area contributed by atoms with E-state index in [1.165, 1.54) is 0 Å². The van der Waals surface area contributed by atoms with E-state index < -0.39 is 5.97 Å². The summed E-state index contributed by atoms with van der Waals surface area (Å²) in [5.74, 6) is -0.532. The molecule has 0 atom stereocenters. The first kappa shape index (κ1) is 11.7. The van der Waals surface area contributed by atoms with Gasteiger partial charge in [0.05, 0.1) is 5.56 Å². The van der Waals surface area contributed by atoms with Crippen molar-refractivity contribution >= 4 is 5.97 Å². The van der Waals surface area contributed by atoms with E-state index in [1.807, 2.05) is 26.0 Å². The number of aromatic carboxylic acids is 1. The number of nitrogens with two attached hydrogens (primary N) is 1. The van der Waals surface area contributed by atoms with Gasteiger partial charge in [-0.2, -0.15) is 0 Å². The van der Waals surface area contributed by atoms with Gasteiger partial charge in [-0.25, -0.2) is 4.79 Å². The van der Waals surface area contributed by atoms with Gasteiger partial charge in [0.2, 0.25) is 0 Å². The van der Waals surface area contributed by atoms with Crippen LogP contribution in [0.2, 0.25) is 0 Å². The lowest BCUT2D eigenvalue weighted by Crippen LogP contribution is -2.09. The quantitative estimate of drug-likeness (QED) is 0.793. The van der Waals surface area contributed by atoms with Crippen molar-refractivity contribution in [2.45, 2.75) is 26.2 Å². The number of carbonyl (C=O) groups is 1. The highest BCUT2D eigenvalue weighted by atomic mass is 16.4. The highest BCUT2D eigenvalue weighted by molar-refractivity contribution is 5.89. The zero-order valence-electron chi connectivity index (χ0n) is 9.16. The minimum atomic E-state index is -0.874. The lowest BCUT2D eigenvalue weighted by atomic mass is 9.96. The van der Waals surface area contributed by atoms with E-state index in [0.717, 1.165) is 11.1 Å². The molecule has 0 spiro atoms. The molecule has 0 saturated carbocycles. The first-order valence-corrected chi connectivity index (χ1v) is 5.12. The monoisotopic (exact) mass is 207 g/mol. The second-order valence-electron chi connectivity index (χ2n) is 3.92. The molecule has 0 bridgehead atoms. The average Bonchev–Trinajstić information content (AvgIpc) is 2.18. The maximum absolute atomic E-state index is 11.0. The van der Waals surface area contributed by atoms with Gasteiger partial charge in [0.25, 0.3) is 0 Å². The van der Waals surface area contributed by atoms with Gasteiger partial charge < -0.3 is 10.8 Å². The van der Waals surface area contributed by atoms with E-state index in [2.05, 4.69) is 0 Å². The fraction of sp³-hybridized carbons (Fsp3) is 0.417. The molecule has 0 aliphatic heterocycles. The molecular weight excluding hydrogens is 190 g/mol. The number of rotatable bonds is 4. The maximum Gasteiger partial charge on any atom is 0.335 e. The third-order valence-electron chi connectivity index (χ3n) is 2.44. The molecule has 0 heterocycles. The van der Waals surface area contributed by atoms with E-state index >= 15 is 0 Å². The van der Waals surface area contributed by atoms with Gasteiger partial charge >= 0.3 is 5.97 Å². The molecule has 3 N–H and O–H groups in total. The van der Waals surface area contributed by atoms with Gasteiger partial charge in [0.15, 0.2) is 0 Å². The van der Waals surface area contributed by atoms with E-state index in [1.54, 1.807) is 6.07 Å². The number of carboxylic acids is 1. The van der Waals surface area contributed by atoms with Crippen LogP contribution in [0.4, 0.5) is 0 Å². The molecule has 1 aromatic rings. The Hall–Kier alpha value is -1.35. The molecule has 0 aliphatic carbocycles. The van der Waals surface area contributed by atoms with Crippen LogP contribution in [0.25, 0.3) is 0 Å². The molecule has 0 saturated heterocycles. The summed E-state index contributed by atoms with van der Waals surface area (Å²) in [6.07, 6.45) is 0.611. The van der Waals surface area contributed by atoms with Crippen LogP contribution in [-0.2, 0) is 6.42 Å². The molecule has 0 aliphatic rings. The Bertz CT molecular complexity index is 359. The molecule has 0 aromatic heterocycles. The van der Waals surface area contributed by atoms with Crippen molar-refractivity contribution in [3.05, 3.63) is 34.9 Å². The van der Waals surface area contributed by atoms with Crippen molar-refractivity contribution in [3.8, 4) is 0 Å². The van der Waals surface area contributed by atoms with Gasteiger partial charge in [0, 0.05) is 0 Å². The highest BCUT2D eigenvalue weighted by Gasteiger charge is 2.11. The van der Waals surface area contributed by atoms with E-state index in [9.17, 15) is 4.79 Å². The Labute approximate surface area is 89.9 Å². The van der Waals surface area contributed by atoms with E-state index in [-0.39, 0.29) is 0 Å². The van der Waals surface area contributed by atoms with Crippen LogP contribution in [0.15, 0.2) is 18.2 Å². The van der Waals surface area contributed by atoms with Crippen molar-refractivity contribution in [1.29, 1.82) is 0 Å². The van der Waals surface area contributed by atoms with Crippen LogP contribution in [-0.4, -0.2) is 17.6 Å². The maximum atomic E-state index is 11.0. The molecular formula is C12H17NO2. The molecule has 1 aromatic carbocycles. The smallest absolute Gasteiger partial charge is 0.335 e. The minimum absolute atomic E-state index is 0.343. The van der Waals surface area contributed by atoms with Crippen LogP contribution in [0.5, 0.6) is 0 Å². The normalized spacial score (nSPS) is 10.7. The first-order chi connectivity index (χ1) is 7.06. The zero-order chi connectivity index (χ0) is 11.4. The van der Waals surface area contributed by atoms with Gasteiger partial charge in [-0.05, 0) is 36.1 Å². The topological polar surface area (TPSA) is 63.3 Å². The number of hydrogen-bond acceptors (Lipinski definition) is 2. The average molecular weight is 207 g/mol. The predicted octanol–water partition coefficient (Wildman–Crippen LogP) is 2.01. The highest BCUT2D eigenvalue weighted by Crippen LogP contribution is 2.19. The van der Waals surface area contributed by atoms with E-state index in [4.69, 9.17) is 10.8 Å². The van der Waals surface area contributed by atoms with Gasteiger partial charge in [0.1, 0.15) is 0 Å². The summed E-state index contributed by atoms with van der Waals surface area (Å²) in [5, 5.41) is 9.06. The first-order valence-electron chi connectivity index (χ1n) is 5.12. The van der Waals surface area contributed by atoms with Gasteiger partial charge in [-0.15, -0.1) is 0 Å². The molecule has 3 heteroatoms. The minimum Gasteiger partial charge on any atom is -0.478 e. The summed E-state index contributed by atoms with van der Waals surface area (Å²) < 4.78 is 0. The number of carboxylic acid groups (broad SMARTS) is 1. The molecule has 0 unspecified atom stereocenters. The summed E-state index contributed by atoms with van der Waals surface area (Å²) in [7, 11) is 0. The SMILES string of the molecule is CC(C)c1ccc(CCN)c(C(=O)O)c1. The standard InChI is InChI=1S/C12H17NO2/c1-8(2)10-4-3-9(5-6-13)11(7-10)12(14)15/h3-4,7-8H,5-6,13H2,1-2H3,(H,14,15). The number of benzene rings is 1. The van der Waals surface area contributed by atoms with Crippen LogP contribution in [0.3, 0.4) is 0 Å². The summed E-state index contributed by atoms with van der Waals surface area (Å²) in [6.45, 7) is 4.56. The molecule has 15 heavy (non-hydrogen) atoms. The third kappa shape index (κ3) is 2.80. The zero-order valence-corrected chi connectivity index (χ0v) is 9.16. The Morgan fingerprint density at radius 2 is 2.13 bits per heavy atom. The second kappa shape index (κ2) is 4.94. The summed E-state index contributed by atoms with van der Waals surface area (Å²) >= 11 is 0. The van der Waals surface area contributed by atoms with Crippen molar-refractivity contribution in [2.24, 2.45) is 5.73 Å². The lowest BCUT2D eigenvalue weighted by Gasteiger charge is -2.10. The van der Waals surface area contributed by atoms with Gasteiger partial charge in [-0.1, -0.05) is 26.0 Å². The summed E-state index contributed by atoms with van der Waals surface area (Å²) in [6, 6.07) is 5.59. The van der Waals surface area contributed by atoms with Crippen LogP contribution in [0.1, 0.15) is 41.3 Å². The fourth-order valence-electron chi connectivity index (χ4n) is 1.53. The predicted molar refractivity (Wildman–Crippen MR) is 60.2 cm³/mol. The third-order valence-corrected chi connectivity index (χ3v) is 2.44. The van der Waals surface area contributed by atoms with E-state index in [0.29, 0.717) is 24.4 Å². The Kier molecular flexibility index (Phi) is 3.86. The molecule has 0 radical (unpaired) electrons. The molecule has 3 nitrogen and oxygen atoms in total. The lowest BCUT2D eigenvalue weighted by molar-refractivity contribution is 0.0695. The molecule has 1 rings (SSSR count). The largest absolute Gasteiger partial charge is 0.478 e. The van der Waals surface area contributed by atoms with Crippen LogP contribution in [0, 0.1) is 0 Å². The van der Waals surface area contributed by atoms with Crippen molar-refractivity contribution < 1.29 is 9.90 Å². The Morgan fingerprint density at radius 1 is 1.47 bits per heavy atom. The van der Waals surface area contributed by atoms with Crippen molar-refractivity contribution in [1.82, 2.24) is 0 Å². The molecule has 0 amide bonds. The molecule has 82 valence electrons.